The Labute approximate surface area is 98.9 Å². The predicted molar refractivity (Wildman–Crippen MR) is 59.3 cm³/mol. The molecule has 1 saturated heterocycles. The van der Waals surface area contributed by atoms with Crippen LogP contribution in [0.25, 0.3) is 0 Å². The van der Waals surface area contributed by atoms with Crippen LogP contribution in [0.5, 0.6) is 5.75 Å². The van der Waals surface area contributed by atoms with Gasteiger partial charge < -0.3 is 19.3 Å². The van der Waals surface area contributed by atoms with Crippen LogP contribution >= 0.6 is 0 Å². The molecule has 1 aliphatic heterocycles. The monoisotopic (exact) mass is 238 g/mol. The molecule has 0 aliphatic carbocycles. The zero-order valence-electron chi connectivity index (χ0n) is 9.51. The summed E-state index contributed by atoms with van der Waals surface area (Å²) in [5, 5.41) is 9.02. The second-order valence-corrected chi connectivity index (χ2v) is 3.81. The fraction of sp³-hybridized carbons (Fsp3) is 0.417. The lowest BCUT2D eigenvalue weighted by Crippen LogP contribution is -2.35. The molecule has 1 heterocycles. The number of carboxylic acid groups (broad SMARTS) is 1. The van der Waals surface area contributed by atoms with Crippen molar-refractivity contribution in [1.82, 2.24) is 0 Å². The van der Waals surface area contributed by atoms with Gasteiger partial charge in [0.15, 0.2) is 0 Å². The van der Waals surface area contributed by atoms with E-state index in [4.69, 9.17) is 19.3 Å². The van der Waals surface area contributed by atoms with E-state index in [1.54, 1.807) is 18.2 Å². The lowest BCUT2D eigenvalue weighted by Gasteiger charge is -2.26. The summed E-state index contributed by atoms with van der Waals surface area (Å²) in [4.78, 5) is 11.0. The van der Waals surface area contributed by atoms with Gasteiger partial charge in [0.2, 0.25) is 0 Å². The summed E-state index contributed by atoms with van der Waals surface area (Å²) >= 11 is 0. The summed E-state index contributed by atoms with van der Waals surface area (Å²) in [5.41, 5.74) is 0.966. The van der Waals surface area contributed by atoms with E-state index in [0.717, 1.165) is 5.56 Å². The van der Waals surface area contributed by atoms with Crippen molar-refractivity contribution in [2.24, 2.45) is 0 Å². The normalized spacial score (nSPS) is 15.4. The molecule has 0 amide bonds. The van der Waals surface area contributed by atoms with Gasteiger partial charge in [0, 0.05) is 0 Å². The van der Waals surface area contributed by atoms with Crippen molar-refractivity contribution < 1.29 is 24.1 Å². The summed E-state index contributed by atoms with van der Waals surface area (Å²) in [7, 11) is 1.45. The highest BCUT2D eigenvalue weighted by atomic mass is 16.6. The van der Waals surface area contributed by atoms with Gasteiger partial charge in [0.05, 0.1) is 26.9 Å². The van der Waals surface area contributed by atoms with E-state index >= 15 is 0 Å². The van der Waals surface area contributed by atoms with E-state index in [1.165, 1.54) is 7.11 Å². The summed E-state index contributed by atoms with van der Waals surface area (Å²) in [6.07, 6.45) is 0.130. The second kappa shape index (κ2) is 5.16. The van der Waals surface area contributed by atoms with E-state index in [2.05, 4.69) is 0 Å². The number of ether oxygens (including phenoxy) is 3. The van der Waals surface area contributed by atoms with Crippen LogP contribution in [0.15, 0.2) is 18.2 Å². The minimum absolute atomic E-state index is 0.130. The number of carboxylic acids is 1. The Morgan fingerprint density at radius 1 is 1.53 bits per heavy atom. The van der Waals surface area contributed by atoms with Crippen molar-refractivity contribution in [2.75, 3.05) is 20.3 Å². The van der Waals surface area contributed by atoms with Crippen LogP contribution in [0.3, 0.4) is 0 Å². The molecule has 0 radical (unpaired) electrons. The zero-order chi connectivity index (χ0) is 12.3. The average molecular weight is 238 g/mol. The van der Waals surface area contributed by atoms with Gasteiger partial charge in [-0.15, -0.1) is 0 Å². The molecule has 1 aliphatic rings. The van der Waals surface area contributed by atoms with Gasteiger partial charge in [-0.3, -0.25) is 0 Å². The minimum Gasteiger partial charge on any atom is -0.496 e. The first-order chi connectivity index (χ1) is 8.20. The molecule has 0 atom stereocenters. The minimum atomic E-state index is -1.00. The van der Waals surface area contributed by atoms with Crippen molar-refractivity contribution in [1.29, 1.82) is 0 Å². The molecule has 5 heteroatoms. The molecule has 17 heavy (non-hydrogen) atoms. The van der Waals surface area contributed by atoms with Crippen molar-refractivity contribution in [3.8, 4) is 5.75 Å². The maximum Gasteiger partial charge on any atom is 0.339 e. The molecule has 0 unspecified atom stereocenters. The van der Waals surface area contributed by atoms with Gasteiger partial charge in [-0.1, -0.05) is 6.07 Å². The summed E-state index contributed by atoms with van der Waals surface area (Å²) < 4.78 is 15.5. The molecule has 1 aromatic rings. The van der Waals surface area contributed by atoms with Gasteiger partial charge >= 0.3 is 5.97 Å². The maximum absolute atomic E-state index is 11.0. The highest BCUT2D eigenvalue weighted by molar-refractivity contribution is 5.91. The van der Waals surface area contributed by atoms with Crippen LogP contribution in [0, 0.1) is 0 Å². The molecular weight excluding hydrogens is 224 g/mol. The fourth-order valence-electron chi connectivity index (χ4n) is 1.54. The smallest absolute Gasteiger partial charge is 0.339 e. The largest absolute Gasteiger partial charge is 0.496 e. The number of methoxy groups -OCH3 is 1. The summed E-state index contributed by atoms with van der Waals surface area (Å²) in [5.74, 6) is -0.649. The second-order valence-electron chi connectivity index (χ2n) is 3.81. The van der Waals surface area contributed by atoms with Gasteiger partial charge in [-0.05, 0) is 17.7 Å². The van der Waals surface area contributed by atoms with E-state index in [-0.39, 0.29) is 11.7 Å². The van der Waals surface area contributed by atoms with E-state index < -0.39 is 5.97 Å². The fourth-order valence-corrected chi connectivity index (χ4v) is 1.54. The molecule has 1 aromatic carbocycles. The Balaban J connectivity index is 2.06. The molecule has 0 spiro atoms. The van der Waals surface area contributed by atoms with Gasteiger partial charge in [-0.2, -0.15) is 0 Å². The highest BCUT2D eigenvalue weighted by Gasteiger charge is 2.19. The zero-order valence-corrected chi connectivity index (χ0v) is 9.51. The van der Waals surface area contributed by atoms with E-state index in [0.29, 0.717) is 25.6 Å². The number of aromatic carboxylic acids is 1. The Hall–Kier alpha value is -1.59. The highest BCUT2D eigenvalue weighted by Crippen LogP contribution is 2.21. The van der Waals surface area contributed by atoms with Crippen LogP contribution in [0.2, 0.25) is 0 Å². The van der Waals surface area contributed by atoms with Gasteiger partial charge in [0.1, 0.15) is 17.4 Å². The van der Waals surface area contributed by atoms with Crippen molar-refractivity contribution >= 4 is 5.97 Å². The van der Waals surface area contributed by atoms with Crippen molar-refractivity contribution in [3.05, 3.63) is 29.3 Å². The molecule has 0 saturated carbocycles. The van der Waals surface area contributed by atoms with Gasteiger partial charge in [-0.25, -0.2) is 4.79 Å². The number of hydrogen-bond donors (Lipinski definition) is 1. The SMILES string of the molecule is COc1ccc(COC2COC2)cc1C(=O)O. The Kier molecular flexibility index (Phi) is 3.61. The molecule has 1 fully saturated rings. The van der Waals surface area contributed by atoms with Crippen LogP contribution < -0.4 is 4.74 Å². The number of rotatable bonds is 5. The molecule has 0 aromatic heterocycles. The number of carbonyl (C=O) groups is 1. The first-order valence-corrected chi connectivity index (χ1v) is 5.30. The summed E-state index contributed by atoms with van der Waals surface area (Å²) in [6.45, 7) is 1.61. The third-order valence-corrected chi connectivity index (χ3v) is 2.59. The van der Waals surface area contributed by atoms with E-state index in [1.807, 2.05) is 0 Å². The quantitative estimate of drug-likeness (QED) is 0.837. The van der Waals surface area contributed by atoms with Crippen molar-refractivity contribution in [3.63, 3.8) is 0 Å². The van der Waals surface area contributed by atoms with Crippen molar-refractivity contribution in [2.45, 2.75) is 12.7 Å². The Morgan fingerprint density at radius 2 is 2.29 bits per heavy atom. The van der Waals surface area contributed by atoms with Crippen LogP contribution in [-0.2, 0) is 16.1 Å². The third kappa shape index (κ3) is 2.75. The topological polar surface area (TPSA) is 65.0 Å². The van der Waals surface area contributed by atoms with Crippen LogP contribution in [0.1, 0.15) is 15.9 Å². The Bertz CT molecular complexity index is 411. The average Bonchev–Trinajstić information content (AvgIpc) is 2.26. The predicted octanol–water partition coefficient (Wildman–Crippen LogP) is 1.31. The molecule has 2 rings (SSSR count). The molecule has 0 bridgehead atoms. The lowest BCUT2D eigenvalue weighted by atomic mass is 10.1. The lowest BCUT2D eigenvalue weighted by molar-refractivity contribution is -0.135. The first kappa shape index (κ1) is 11.9. The van der Waals surface area contributed by atoms with Crippen LogP contribution in [-0.4, -0.2) is 37.5 Å². The van der Waals surface area contributed by atoms with E-state index in [9.17, 15) is 4.79 Å². The molecular formula is C12H14O5. The van der Waals surface area contributed by atoms with Gasteiger partial charge in [0.25, 0.3) is 0 Å². The third-order valence-electron chi connectivity index (χ3n) is 2.59. The molecule has 1 N–H and O–H groups in total. The number of hydrogen-bond acceptors (Lipinski definition) is 4. The standard InChI is InChI=1S/C12H14O5/c1-15-11-3-2-8(4-10(11)12(13)14)5-17-9-6-16-7-9/h2-4,9H,5-7H2,1H3,(H,13,14). The number of benzene rings is 1. The van der Waals surface area contributed by atoms with Crippen LogP contribution in [0.4, 0.5) is 0 Å². The summed E-state index contributed by atoms with van der Waals surface area (Å²) in [6, 6.07) is 5.00. The maximum atomic E-state index is 11.0. The Morgan fingerprint density at radius 3 is 2.82 bits per heavy atom. The molecule has 5 nitrogen and oxygen atoms in total. The first-order valence-electron chi connectivity index (χ1n) is 5.30. The molecule has 92 valence electrons.